The second-order valence-corrected chi connectivity index (χ2v) is 5.78. The number of hydrogen-bond donors (Lipinski definition) is 1. The highest BCUT2D eigenvalue weighted by Crippen LogP contribution is 2.25. The molecular weight excluding hydrogens is 261 g/mol. The lowest BCUT2D eigenvalue weighted by molar-refractivity contribution is 0.582. The molecule has 0 amide bonds. The molecule has 0 saturated heterocycles. The van der Waals surface area contributed by atoms with Gasteiger partial charge in [-0.2, -0.15) is 0 Å². The van der Waals surface area contributed by atoms with Gasteiger partial charge in [-0.1, -0.05) is 57.5 Å². The van der Waals surface area contributed by atoms with Crippen LogP contribution in [0.5, 0.6) is 0 Å². The van der Waals surface area contributed by atoms with Gasteiger partial charge in [-0.25, -0.2) is 4.39 Å². The highest BCUT2D eigenvalue weighted by molar-refractivity contribution is 5.67. The van der Waals surface area contributed by atoms with Gasteiger partial charge in [0.2, 0.25) is 0 Å². The molecule has 0 atom stereocenters. The van der Waals surface area contributed by atoms with E-state index in [1.54, 1.807) is 6.07 Å². The molecule has 0 aliphatic rings. The Morgan fingerprint density at radius 3 is 2.38 bits per heavy atom. The zero-order valence-corrected chi connectivity index (χ0v) is 13.1. The van der Waals surface area contributed by atoms with E-state index in [-0.39, 0.29) is 5.82 Å². The SMILES string of the molecule is CCCc1ccc(-c2ccc(F)cc2CNC(C)C)cc1. The number of rotatable bonds is 6. The van der Waals surface area contributed by atoms with Gasteiger partial charge in [0, 0.05) is 12.6 Å². The summed E-state index contributed by atoms with van der Waals surface area (Å²) < 4.78 is 13.5. The fourth-order valence-corrected chi connectivity index (χ4v) is 2.44. The third-order valence-electron chi connectivity index (χ3n) is 3.57. The van der Waals surface area contributed by atoms with E-state index in [1.165, 1.54) is 11.6 Å². The third kappa shape index (κ3) is 4.40. The summed E-state index contributed by atoms with van der Waals surface area (Å²) in [7, 11) is 0. The molecule has 2 rings (SSSR count). The number of nitrogens with one attached hydrogen (secondary N) is 1. The fraction of sp³-hybridized carbons (Fsp3) is 0.368. The van der Waals surface area contributed by atoms with Crippen LogP contribution in [0.1, 0.15) is 38.3 Å². The van der Waals surface area contributed by atoms with Gasteiger partial charge in [-0.05, 0) is 40.8 Å². The van der Waals surface area contributed by atoms with Gasteiger partial charge in [0.1, 0.15) is 5.82 Å². The quantitative estimate of drug-likeness (QED) is 0.792. The molecule has 1 N–H and O–H groups in total. The summed E-state index contributed by atoms with van der Waals surface area (Å²) in [5.74, 6) is -0.179. The second kappa shape index (κ2) is 7.37. The molecule has 2 aromatic carbocycles. The summed E-state index contributed by atoms with van der Waals surface area (Å²) in [6, 6.07) is 14.0. The van der Waals surface area contributed by atoms with Crippen LogP contribution in [0.2, 0.25) is 0 Å². The van der Waals surface area contributed by atoms with Gasteiger partial charge in [-0.15, -0.1) is 0 Å². The average molecular weight is 285 g/mol. The largest absolute Gasteiger partial charge is 0.310 e. The van der Waals surface area contributed by atoms with Crippen LogP contribution in [0.4, 0.5) is 4.39 Å². The maximum Gasteiger partial charge on any atom is 0.123 e. The summed E-state index contributed by atoms with van der Waals surface area (Å²) in [5.41, 5.74) is 4.61. The minimum absolute atomic E-state index is 0.179. The smallest absolute Gasteiger partial charge is 0.123 e. The van der Waals surface area contributed by atoms with E-state index in [9.17, 15) is 4.39 Å². The van der Waals surface area contributed by atoms with Crippen molar-refractivity contribution < 1.29 is 4.39 Å². The van der Waals surface area contributed by atoms with E-state index < -0.39 is 0 Å². The normalized spacial score (nSPS) is 11.1. The Labute approximate surface area is 127 Å². The molecular formula is C19H24FN. The van der Waals surface area contributed by atoms with Crippen LogP contribution in [0, 0.1) is 5.82 Å². The average Bonchev–Trinajstić information content (AvgIpc) is 2.46. The zero-order valence-electron chi connectivity index (χ0n) is 13.1. The first kappa shape index (κ1) is 15.7. The Morgan fingerprint density at radius 2 is 1.76 bits per heavy atom. The standard InChI is InChI=1S/C19H24FN/c1-4-5-15-6-8-16(9-7-15)19-11-10-18(20)12-17(19)13-21-14(2)3/h6-12,14,21H,4-5,13H2,1-3H3. The van der Waals surface area contributed by atoms with Gasteiger partial charge in [-0.3, -0.25) is 0 Å². The van der Waals surface area contributed by atoms with Crippen molar-refractivity contribution in [3.8, 4) is 11.1 Å². The first-order valence-corrected chi connectivity index (χ1v) is 7.71. The van der Waals surface area contributed by atoms with Crippen LogP contribution in [-0.4, -0.2) is 6.04 Å². The number of hydrogen-bond acceptors (Lipinski definition) is 1. The molecule has 0 heterocycles. The Balaban J connectivity index is 2.29. The lowest BCUT2D eigenvalue weighted by atomic mass is 9.97. The summed E-state index contributed by atoms with van der Waals surface area (Å²) in [5, 5.41) is 3.36. The van der Waals surface area contributed by atoms with Gasteiger partial charge in [0.25, 0.3) is 0 Å². The Bertz CT molecular complexity index is 573. The van der Waals surface area contributed by atoms with Crippen LogP contribution in [0.3, 0.4) is 0 Å². The van der Waals surface area contributed by atoms with E-state index >= 15 is 0 Å². The van der Waals surface area contributed by atoms with E-state index in [1.807, 2.05) is 6.07 Å². The number of benzene rings is 2. The summed E-state index contributed by atoms with van der Waals surface area (Å²) in [6.45, 7) is 7.06. The Morgan fingerprint density at radius 1 is 1.05 bits per heavy atom. The van der Waals surface area contributed by atoms with E-state index in [0.717, 1.165) is 29.5 Å². The topological polar surface area (TPSA) is 12.0 Å². The van der Waals surface area contributed by atoms with Crippen LogP contribution in [0.25, 0.3) is 11.1 Å². The van der Waals surface area contributed by atoms with Crippen LogP contribution in [-0.2, 0) is 13.0 Å². The minimum atomic E-state index is -0.179. The van der Waals surface area contributed by atoms with Crippen molar-refractivity contribution in [1.29, 1.82) is 0 Å². The molecule has 0 unspecified atom stereocenters. The lowest BCUT2D eigenvalue weighted by Gasteiger charge is -2.13. The molecule has 0 aromatic heterocycles. The molecule has 0 fully saturated rings. The molecule has 21 heavy (non-hydrogen) atoms. The van der Waals surface area contributed by atoms with E-state index in [4.69, 9.17) is 0 Å². The van der Waals surface area contributed by atoms with Crippen molar-refractivity contribution in [2.45, 2.75) is 46.2 Å². The molecule has 0 aliphatic heterocycles. The highest BCUT2D eigenvalue weighted by atomic mass is 19.1. The minimum Gasteiger partial charge on any atom is -0.310 e. The zero-order chi connectivity index (χ0) is 15.2. The first-order valence-electron chi connectivity index (χ1n) is 7.71. The maximum absolute atomic E-state index is 13.5. The molecule has 2 aromatic rings. The van der Waals surface area contributed by atoms with Crippen molar-refractivity contribution >= 4 is 0 Å². The highest BCUT2D eigenvalue weighted by Gasteiger charge is 2.07. The monoisotopic (exact) mass is 285 g/mol. The van der Waals surface area contributed by atoms with Gasteiger partial charge in [0.15, 0.2) is 0 Å². The van der Waals surface area contributed by atoms with E-state index in [0.29, 0.717) is 12.6 Å². The van der Waals surface area contributed by atoms with Crippen molar-refractivity contribution in [3.05, 3.63) is 59.4 Å². The summed E-state index contributed by atoms with van der Waals surface area (Å²) >= 11 is 0. The van der Waals surface area contributed by atoms with Crippen molar-refractivity contribution in [1.82, 2.24) is 5.32 Å². The predicted molar refractivity (Wildman–Crippen MR) is 87.8 cm³/mol. The van der Waals surface area contributed by atoms with Crippen LogP contribution < -0.4 is 5.32 Å². The second-order valence-electron chi connectivity index (χ2n) is 5.78. The van der Waals surface area contributed by atoms with Crippen molar-refractivity contribution in [3.63, 3.8) is 0 Å². The summed E-state index contributed by atoms with van der Waals surface area (Å²) in [4.78, 5) is 0. The van der Waals surface area contributed by atoms with E-state index in [2.05, 4.69) is 50.4 Å². The maximum atomic E-state index is 13.5. The molecule has 1 nitrogen and oxygen atoms in total. The molecule has 2 heteroatoms. The fourth-order valence-electron chi connectivity index (χ4n) is 2.44. The Kier molecular flexibility index (Phi) is 5.51. The molecule has 0 radical (unpaired) electrons. The first-order chi connectivity index (χ1) is 10.1. The molecule has 0 spiro atoms. The predicted octanol–water partition coefficient (Wildman–Crippen LogP) is 4.94. The molecule has 0 saturated carbocycles. The lowest BCUT2D eigenvalue weighted by Crippen LogP contribution is -2.22. The number of halogens is 1. The number of aryl methyl sites for hydroxylation is 1. The van der Waals surface area contributed by atoms with Gasteiger partial charge in [0.05, 0.1) is 0 Å². The molecule has 0 bridgehead atoms. The van der Waals surface area contributed by atoms with Crippen molar-refractivity contribution in [2.75, 3.05) is 0 Å². The van der Waals surface area contributed by atoms with Gasteiger partial charge < -0.3 is 5.32 Å². The molecule has 0 aliphatic carbocycles. The van der Waals surface area contributed by atoms with Crippen LogP contribution >= 0.6 is 0 Å². The van der Waals surface area contributed by atoms with Crippen molar-refractivity contribution in [2.24, 2.45) is 0 Å². The summed E-state index contributed by atoms with van der Waals surface area (Å²) in [6.07, 6.45) is 2.25. The van der Waals surface area contributed by atoms with Crippen LogP contribution in [0.15, 0.2) is 42.5 Å². The molecule has 112 valence electrons. The van der Waals surface area contributed by atoms with Gasteiger partial charge >= 0.3 is 0 Å². The third-order valence-corrected chi connectivity index (χ3v) is 3.57. The Hall–Kier alpha value is -1.67.